The van der Waals surface area contributed by atoms with Crippen molar-refractivity contribution in [1.29, 1.82) is 0 Å². The Labute approximate surface area is 223 Å². The van der Waals surface area contributed by atoms with Gasteiger partial charge in [-0.3, -0.25) is 9.59 Å². The highest BCUT2D eigenvalue weighted by Crippen LogP contribution is 2.10. The van der Waals surface area contributed by atoms with Crippen LogP contribution in [0.1, 0.15) is 38.8 Å². The highest BCUT2D eigenvalue weighted by Gasteiger charge is 2.32. The molecule has 0 radical (unpaired) electrons. The second-order valence-corrected chi connectivity index (χ2v) is 9.89. The van der Waals surface area contributed by atoms with Gasteiger partial charge in [-0.2, -0.15) is 0 Å². The molecule has 3 amide bonds. The Bertz CT molecular complexity index is 1070. The number of benzene rings is 2. The monoisotopic (exact) mass is 527 g/mol. The van der Waals surface area contributed by atoms with Gasteiger partial charge in [0.1, 0.15) is 17.7 Å². The lowest BCUT2D eigenvalue weighted by Crippen LogP contribution is -2.58. The number of amides is 3. The van der Waals surface area contributed by atoms with E-state index in [9.17, 15) is 24.3 Å². The molecule has 10 heteroatoms. The Morgan fingerprint density at radius 3 is 1.66 bits per heavy atom. The van der Waals surface area contributed by atoms with E-state index >= 15 is 0 Å². The van der Waals surface area contributed by atoms with Crippen LogP contribution in [-0.4, -0.2) is 65.9 Å². The molecule has 2 aromatic carbocycles. The molecular weight excluding hydrogens is 490 g/mol. The van der Waals surface area contributed by atoms with Gasteiger partial charge < -0.3 is 30.5 Å². The van der Waals surface area contributed by atoms with Gasteiger partial charge in [0.15, 0.2) is 6.04 Å². The summed E-state index contributed by atoms with van der Waals surface area (Å²) in [7, 11) is 1.14. The SMILES string of the molecule is COC(=O)[C@H](NC(=O)[C@@H](Cc1ccccc1)NC(=O)[C@@H](Cc1ccccc1)NC(=O)OC(C)(C)C)[C@H](C)O. The van der Waals surface area contributed by atoms with Crippen LogP contribution in [0.4, 0.5) is 4.79 Å². The van der Waals surface area contributed by atoms with Crippen molar-refractivity contribution >= 4 is 23.9 Å². The fraction of sp³-hybridized carbons (Fsp3) is 0.429. The van der Waals surface area contributed by atoms with Crippen molar-refractivity contribution in [1.82, 2.24) is 16.0 Å². The largest absolute Gasteiger partial charge is 0.467 e. The van der Waals surface area contributed by atoms with Crippen molar-refractivity contribution in [3.05, 3.63) is 71.8 Å². The molecule has 0 fully saturated rings. The second kappa shape index (κ2) is 14.1. The zero-order chi connectivity index (χ0) is 28.3. The van der Waals surface area contributed by atoms with E-state index in [2.05, 4.69) is 20.7 Å². The number of esters is 1. The number of aliphatic hydroxyl groups is 1. The summed E-state index contributed by atoms with van der Waals surface area (Å²) in [5.74, 6) is -2.15. The number of nitrogens with one attached hydrogen (secondary N) is 3. The lowest BCUT2D eigenvalue weighted by Gasteiger charge is -2.27. The standard InChI is InChI=1S/C28H37N3O7/c1-18(32)23(26(35)37-5)31-25(34)21(16-19-12-8-6-9-13-19)29-24(33)22(17-20-14-10-7-11-15-20)30-27(36)38-28(2,3)4/h6-15,18,21-23,32H,16-17H2,1-5H3,(H,29,33)(H,30,36)(H,31,34)/t18-,21+,22+,23+/m0/s1. The number of carbonyl (C=O) groups is 4. The molecule has 0 saturated heterocycles. The molecule has 10 nitrogen and oxygen atoms in total. The van der Waals surface area contributed by atoms with Crippen molar-refractivity contribution in [2.24, 2.45) is 0 Å². The highest BCUT2D eigenvalue weighted by atomic mass is 16.6. The van der Waals surface area contributed by atoms with Gasteiger partial charge in [0, 0.05) is 12.8 Å². The normalized spacial score (nSPS) is 14.3. The molecule has 0 aliphatic carbocycles. The molecule has 0 spiro atoms. The Hall–Kier alpha value is -3.92. The summed E-state index contributed by atoms with van der Waals surface area (Å²) in [4.78, 5) is 51.3. The first-order valence-electron chi connectivity index (χ1n) is 12.3. The van der Waals surface area contributed by atoms with Gasteiger partial charge in [0.05, 0.1) is 13.2 Å². The van der Waals surface area contributed by atoms with Gasteiger partial charge in [-0.25, -0.2) is 9.59 Å². The Morgan fingerprint density at radius 1 is 0.789 bits per heavy atom. The third kappa shape index (κ3) is 10.2. The van der Waals surface area contributed by atoms with Crippen LogP contribution < -0.4 is 16.0 Å². The van der Waals surface area contributed by atoms with E-state index in [4.69, 9.17) is 4.74 Å². The number of hydrogen-bond donors (Lipinski definition) is 4. The zero-order valence-corrected chi connectivity index (χ0v) is 22.4. The number of rotatable bonds is 11. The maximum atomic E-state index is 13.5. The topological polar surface area (TPSA) is 143 Å². The van der Waals surface area contributed by atoms with Crippen LogP contribution in [0.2, 0.25) is 0 Å². The average Bonchev–Trinajstić information content (AvgIpc) is 2.85. The third-order valence-electron chi connectivity index (χ3n) is 5.44. The van der Waals surface area contributed by atoms with Gasteiger partial charge in [-0.05, 0) is 38.8 Å². The van der Waals surface area contributed by atoms with E-state index in [1.807, 2.05) is 36.4 Å². The first kappa shape index (κ1) is 30.3. The minimum Gasteiger partial charge on any atom is -0.467 e. The van der Waals surface area contributed by atoms with Crippen LogP contribution in [-0.2, 0) is 36.7 Å². The summed E-state index contributed by atoms with van der Waals surface area (Å²) in [5, 5.41) is 17.8. The number of aliphatic hydroxyl groups excluding tert-OH is 1. The maximum absolute atomic E-state index is 13.5. The molecule has 4 N–H and O–H groups in total. The van der Waals surface area contributed by atoms with E-state index in [1.54, 1.807) is 45.0 Å². The Morgan fingerprint density at radius 2 is 1.24 bits per heavy atom. The zero-order valence-electron chi connectivity index (χ0n) is 22.4. The molecular formula is C28H37N3O7. The molecule has 206 valence electrons. The summed E-state index contributed by atoms with van der Waals surface area (Å²) in [6.07, 6.45) is -1.78. The number of hydrogen-bond acceptors (Lipinski definition) is 7. The number of carbonyl (C=O) groups excluding carboxylic acids is 4. The summed E-state index contributed by atoms with van der Waals surface area (Å²) in [6.45, 7) is 6.46. The second-order valence-electron chi connectivity index (χ2n) is 9.89. The number of methoxy groups -OCH3 is 1. The van der Waals surface area contributed by atoms with Crippen LogP contribution in [0.5, 0.6) is 0 Å². The summed E-state index contributed by atoms with van der Waals surface area (Å²) >= 11 is 0. The maximum Gasteiger partial charge on any atom is 0.408 e. The van der Waals surface area contributed by atoms with E-state index in [0.717, 1.165) is 18.2 Å². The minimum absolute atomic E-state index is 0.0939. The Balaban J connectivity index is 2.30. The van der Waals surface area contributed by atoms with Crippen molar-refractivity contribution < 1.29 is 33.8 Å². The van der Waals surface area contributed by atoms with E-state index in [1.165, 1.54) is 6.92 Å². The predicted octanol–water partition coefficient (Wildman–Crippen LogP) is 1.89. The van der Waals surface area contributed by atoms with Gasteiger partial charge in [0.25, 0.3) is 0 Å². The molecule has 0 aliphatic heterocycles. The van der Waals surface area contributed by atoms with Crippen molar-refractivity contribution in [3.8, 4) is 0 Å². The van der Waals surface area contributed by atoms with Crippen LogP contribution >= 0.6 is 0 Å². The van der Waals surface area contributed by atoms with Gasteiger partial charge in [0.2, 0.25) is 11.8 Å². The molecule has 0 unspecified atom stereocenters. The molecule has 0 bridgehead atoms. The molecule has 2 rings (SSSR count). The van der Waals surface area contributed by atoms with Crippen molar-refractivity contribution in [3.63, 3.8) is 0 Å². The quantitative estimate of drug-likeness (QED) is 0.327. The molecule has 38 heavy (non-hydrogen) atoms. The lowest BCUT2D eigenvalue weighted by atomic mass is 10.0. The minimum atomic E-state index is -1.33. The molecule has 0 aliphatic rings. The third-order valence-corrected chi connectivity index (χ3v) is 5.44. The highest BCUT2D eigenvalue weighted by molar-refractivity contribution is 5.93. The van der Waals surface area contributed by atoms with Crippen LogP contribution in [0.15, 0.2) is 60.7 Å². The summed E-state index contributed by atoms with van der Waals surface area (Å²) in [5.41, 5.74) is 0.754. The van der Waals surface area contributed by atoms with E-state index < -0.39 is 53.7 Å². The molecule has 0 heterocycles. The fourth-order valence-electron chi connectivity index (χ4n) is 3.60. The van der Waals surface area contributed by atoms with Gasteiger partial charge >= 0.3 is 12.1 Å². The summed E-state index contributed by atoms with van der Waals surface area (Å²) in [6, 6.07) is 14.5. The summed E-state index contributed by atoms with van der Waals surface area (Å²) < 4.78 is 10.0. The van der Waals surface area contributed by atoms with Gasteiger partial charge in [-0.1, -0.05) is 60.7 Å². The fourth-order valence-corrected chi connectivity index (χ4v) is 3.60. The van der Waals surface area contributed by atoms with Crippen LogP contribution in [0.25, 0.3) is 0 Å². The average molecular weight is 528 g/mol. The lowest BCUT2D eigenvalue weighted by molar-refractivity contribution is -0.148. The Kier molecular flexibility index (Phi) is 11.3. The molecule has 0 saturated carbocycles. The predicted molar refractivity (Wildman–Crippen MR) is 141 cm³/mol. The first-order chi connectivity index (χ1) is 17.9. The molecule has 4 atom stereocenters. The van der Waals surface area contributed by atoms with Crippen molar-refractivity contribution in [2.45, 2.75) is 70.4 Å². The number of alkyl carbamates (subject to hydrolysis) is 1. The number of ether oxygens (including phenoxy) is 2. The van der Waals surface area contributed by atoms with Crippen molar-refractivity contribution in [2.75, 3.05) is 7.11 Å². The van der Waals surface area contributed by atoms with Gasteiger partial charge in [-0.15, -0.1) is 0 Å². The smallest absolute Gasteiger partial charge is 0.408 e. The molecule has 2 aromatic rings. The van der Waals surface area contributed by atoms with Crippen LogP contribution in [0.3, 0.4) is 0 Å². The van der Waals surface area contributed by atoms with E-state index in [0.29, 0.717) is 0 Å². The first-order valence-corrected chi connectivity index (χ1v) is 12.3. The molecule has 0 aromatic heterocycles. The van der Waals surface area contributed by atoms with Crippen LogP contribution in [0, 0.1) is 0 Å². The van der Waals surface area contributed by atoms with E-state index in [-0.39, 0.29) is 12.8 Å².